The first-order valence-corrected chi connectivity index (χ1v) is 8.25. The first-order valence-electron chi connectivity index (χ1n) is 7.46. The third-order valence-electron chi connectivity index (χ3n) is 4.44. The van der Waals surface area contributed by atoms with Gasteiger partial charge in [0.25, 0.3) is 0 Å². The molecule has 1 aliphatic rings. The Bertz CT molecular complexity index is 685. The molecular weight excluding hydrogens is 330 g/mol. The fraction of sp³-hybridized carbons (Fsp3) is 0.471. The second-order valence-corrected chi connectivity index (χ2v) is 6.90. The number of hydrogen-bond acceptors (Lipinski definition) is 2. The van der Waals surface area contributed by atoms with Crippen LogP contribution >= 0.6 is 15.9 Å². The molecule has 0 atom stereocenters. The van der Waals surface area contributed by atoms with Crippen molar-refractivity contribution in [1.82, 2.24) is 4.98 Å². The number of carbonyl (C=O) groups is 1. The lowest BCUT2D eigenvalue weighted by Crippen LogP contribution is -2.15. The van der Waals surface area contributed by atoms with Gasteiger partial charge in [0.15, 0.2) is 0 Å². The van der Waals surface area contributed by atoms with E-state index in [1.54, 1.807) is 0 Å². The Kier molecular flexibility index (Phi) is 3.82. The Morgan fingerprint density at radius 1 is 1.43 bits per heavy atom. The molecule has 0 radical (unpaired) electrons. The van der Waals surface area contributed by atoms with Crippen molar-refractivity contribution in [3.63, 3.8) is 0 Å². The molecule has 1 saturated carbocycles. The van der Waals surface area contributed by atoms with E-state index in [1.807, 2.05) is 13.0 Å². The molecule has 3 nitrogen and oxygen atoms in total. The van der Waals surface area contributed by atoms with Gasteiger partial charge in [0.1, 0.15) is 0 Å². The van der Waals surface area contributed by atoms with E-state index < -0.39 is 0 Å². The van der Waals surface area contributed by atoms with Crippen LogP contribution in [0.3, 0.4) is 0 Å². The lowest BCUT2D eigenvalue weighted by molar-refractivity contribution is -0.144. The third kappa shape index (κ3) is 2.86. The average Bonchev–Trinajstić information content (AvgIpc) is 3.10. The minimum Gasteiger partial charge on any atom is -0.466 e. The standard InChI is InChI=1S/C17H20BrNO2/c1-3-21-15(20)10-17(7-8-17)9-13-11(2)19-16-12(13)5-4-6-14(16)18/h4-6,19H,3,7-10H2,1-2H3. The molecule has 2 aromatic rings. The maximum absolute atomic E-state index is 11.8. The molecule has 0 bridgehead atoms. The number of carbonyl (C=O) groups excluding carboxylic acids is 1. The number of aromatic amines is 1. The van der Waals surface area contributed by atoms with Crippen molar-refractivity contribution in [3.05, 3.63) is 33.9 Å². The summed E-state index contributed by atoms with van der Waals surface area (Å²) in [4.78, 5) is 15.3. The summed E-state index contributed by atoms with van der Waals surface area (Å²) < 4.78 is 6.21. The molecule has 0 spiro atoms. The number of H-pyrrole nitrogens is 1. The number of ether oxygens (including phenoxy) is 1. The zero-order chi connectivity index (χ0) is 15.0. The van der Waals surface area contributed by atoms with Gasteiger partial charge in [0.2, 0.25) is 0 Å². The minimum absolute atomic E-state index is 0.0614. The van der Waals surface area contributed by atoms with Crippen molar-refractivity contribution in [1.29, 1.82) is 0 Å². The number of aromatic nitrogens is 1. The molecular formula is C17H20BrNO2. The van der Waals surface area contributed by atoms with Gasteiger partial charge in [-0.05, 0) is 66.1 Å². The highest BCUT2D eigenvalue weighted by Gasteiger charge is 2.45. The van der Waals surface area contributed by atoms with Crippen LogP contribution < -0.4 is 0 Å². The second kappa shape index (κ2) is 5.48. The second-order valence-electron chi connectivity index (χ2n) is 6.05. The Morgan fingerprint density at radius 2 is 2.19 bits per heavy atom. The molecule has 1 aromatic carbocycles. The summed E-state index contributed by atoms with van der Waals surface area (Å²) >= 11 is 3.60. The third-order valence-corrected chi connectivity index (χ3v) is 5.10. The fourth-order valence-electron chi connectivity index (χ4n) is 3.08. The Labute approximate surface area is 133 Å². The van der Waals surface area contributed by atoms with Gasteiger partial charge in [-0.2, -0.15) is 0 Å². The average molecular weight is 350 g/mol. The van der Waals surface area contributed by atoms with Crippen LogP contribution in [0.2, 0.25) is 0 Å². The molecule has 3 rings (SSSR count). The molecule has 4 heteroatoms. The van der Waals surface area contributed by atoms with Gasteiger partial charge in [0.05, 0.1) is 18.5 Å². The summed E-state index contributed by atoms with van der Waals surface area (Å²) in [5.74, 6) is -0.0614. The van der Waals surface area contributed by atoms with Crippen molar-refractivity contribution in [2.45, 2.75) is 39.5 Å². The molecule has 1 aromatic heterocycles. The van der Waals surface area contributed by atoms with Crippen molar-refractivity contribution >= 4 is 32.8 Å². The molecule has 0 saturated heterocycles. The number of para-hydroxylation sites is 1. The van der Waals surface area contributed by atoms with Gasteiger partial charge in [-0.25, -0.2) is 0 Å². The van der Waals surface area contributed by atoms with Gasteiger partial charge < -0.3 is 9.72 Å². The molecule has 0 unspecified atom stereocenters. The van der Waals surface area contributed by atoms with Crippen molar-refractivity contribution in [3.8, 4) is 0 Å². The highest BCUT2D eigenvalue weighted by atomic mass is 79.9. The SMILES string of the molecule is CCOC(=O)CC1(Cc2c(C)[nH]c3c(Br)cccc23)CC1. The highest BCUT2D eigenvalue weighted by molar-refractivity contribution is 9.10. The lowest BCUT2D eigenvalue weighted by Gasteiger charge is -2.14. The molecule has 1 fully saturated rings. The number of halogens is 1. The van der Waals surface area contributed by atoms with Gasteiger partial charge in [0, 0.05) is 15.6 Å². The van der Waals surface area contributed by atoms with E-state index in [2.05, 4.69) is 40.0 Å². The summed E-state index contributed by atoms with van der Waals surface area (Å²) in [6.45, 7) is 4.44. The number of esters is 1. The number of nitrogens with one attached hydrogen (secondary N) is 1. The zero-order valence-electron chi connectivity index (χ0n) is 12.5. The first-order chi connectivity index (χ1) is 10.0. The summed E-state index contributed by atoms with van der Waals surface area (Å²) in [5.41, 5.74) is 3.81. The quantitative estimate of drug-likeness (QED) is 0.806. The van der Waals surface area contributed by atoms with Crippen LogP contribution in [0.4, 0.5) is 0 Å². The first kappa shape index (κ1) is 14.6. The van der Waals surface area contributed by atoms with E-state index in [0.29, 0.717) is 13.0 Å². The number of fused-ring (bicyclic) bond motifs is 1. The van der Waals surface area contributed by atoms with Crippen molar-refractivity contribution in [2.75, 3.05) is 6.61 Å². The molecule has 1 heterocycles. The Balaban J connectivity index is 1.87. The zero-order valence-corrected chi connectivity index (χ0v) is 14.0. The molecule has 0 aliphatic heterocycles. The molecule has 112 valence electrons. The summed E-state index contributed by atoms with van der Waals surface area (Å²) in [6, 6.07) is 6.26. The lowest BCUT2D eigenvalue weighted by atomic mass is 9.91. The molecule has 1 aliphatic carbocycles. The summed E-state index contributed by atoms with van der Waals surface area (Å²) in [7, 11) is 0. The van der Waals surface area contributed by atoms with E-state index >= 15 is 0 Å². The monoisotopic (exact) mass is 349 g/mol. The van der Waals surface area contributed by atoms with Crippen LogP contribution in [-0.4, -0.2) is 17.6 Å². The molecule has 1 N–H and O–H groups in total. The van der Waals surface area contributed by atoms with Gasteiger partial charge >= 0.3 is 5.97 Å². The largest absolute Gasteiger partial charge is 0.466 e. The summed E-state index contributed by atoms with van der Waals surface area (Å²) in [6.07, 6.45) is 3.73. The van der Waals surface area contributed by atoms with E-state index in [-0.39, 0.29) is 11.4 Å². The highest BCUT2D eigenvalue weighted by Crippen LogP contribution is 2.52. The van der Waals surface area contributed by atoms with Crippen LogP contribution in [0.1, 0.15) is 37.4 Å². The van der Waals surface area contributed by atoms with Gasteiger partial charge in [-0.3, -0.25) is 4.79 Å². The normalized spacial score (nSPS) is 16.1. The van der Waals surface area contributed by atoms with E-state index in [0.717, 1.165) is 29.3 Å². The molecule has 21 heavy (non-hydrogen) atoms. The van der Waals surface area contributed by atoms with Crippen LogP contribution in [0.15, 0.2) is 22.7 Å². The van der Waals surface area contributed by atoms with Crippen LogP contribution in [0, 0.1) is 12.3 Å². The number of hydrogen-bond donors (Lipinski definition) is 1. The number of benzene rings is 1. The predicted molar refractivity (Wildman–Crippen MR) is 87.4 cm³/mol. The van der Waals surface area contributed by atoms with E-state index in [4.69, 9.17) is 4.74 Å². The van der Waals surface area contributed by atoms with E-state index in [1.165, 1.54) is 16.6 Å². The van der Waals surface area contributed by atoms with Gasteiger partial charge in [-0.1, -0.05) is 12.1 Å². The topological polar surface area (TPSA) is 42.1 Å². The predicted octanol–water partition coefficient (Wildman–Crippen LogP) is 4.51. The molecule has 0 amide bonds. The minimum atomic E-state index is -0.0614. The number of aryl methyl sites for hydroxylation is 1. The Hall–Kier alpha value is -1.29. The Morgan fingerprint density at radius 3 is 2.86 bits per heavy atom. The van der Waals surface area contributed by atoms with Crippen molar-refractivity contribution in [2.24, 2.45) is 5.41 Å². The van der Waals surface area contributed by atoms with E-state index in [9.17, 15) is 4.79 Å². The maximum atomic E-state index is 11.8. The number of rotatable bonds is 5. The van der Waals surface area contributed by atoms with Gasteiger partial charge in [-0.15, -0.1) is 0 Å². The van der Waals surface area contributed by atoms with Crippen LogP contribution in [-0.2, 0) is 16.0 Å². The van der Waals surface area contributed by atoms with Crippen LogP contribution in [0.5, 0.6) is 0 Å². The smallest absolute Gasteiger partial charge is 0.306 e. The van der Waals surface area contributed by atoms with Crippen molar-refractivity contribution < 1.29 is 9.53 Å². The summed E-state index contributed by atoms with van der Waals surface area (Å²) in [5, 5.41) is 1.26. The fourth-order valence-corrected chi connectivity index (χ4v) is 3.55. The maximum Gasteiger partial charge on any atom is 0.306 e. The van der Waals surface area contributed by atoms with Crippen LogP contribution in [0.25, 0.3) is 10.9 Å².